The smallest absolute Gasteiger partial charge is 0.129 e. The van der Waals surface area contributed by atoms with Gasteiger partial charge in [-0.1, -0.05) is 30.3 Å². The van der Waals surface area contributed by atoms with Crippen LogP contribution >= 0.6 is 0 Å². The lowest BCUT2D eigenvalue weighted by Crippen LogP contribution is -2.25. The molecular formula is C14H20O2. The van der Waals surface area contributed by atoms with Crippen molar-refractivity contribution in [2.45, 2.75) is 45.1 Å². The number of benzene rings is 1. The standard InChI is InChI=1S/C14H20O2/c1-12(15)8-10-14(2,16)11-9-13-6-4-3-5-7-13/h3-7,16H,8-11H2,1-2H3. The van der Waals surface area contributed by atoms with Crippen molar-refractivity contribution in [3.8, 4) is 0 Å². The van der Waals surface area contributed by atoms with Gasteiger partial charge in [0.1, 0.15) is 5.78 Å². The number of Topliss-reactive ketones (excluding diaryl/α,β-unsaturated/α-hetero) is 1. The number of carbonyl (C=O) groups excluding carboxylic acids is 1. The maximum absolute atomic E-state index is 10.9. The molecule has 0 aromatic heterocycles. The van der Waals surface area contributed by atoms with Gasteiger partial charge in [0.2, 0.25) is 0 Å². The molecule has 1 aromatic carbocycles. The van der Waals surface area contributed by atoms with Crippen LogP contribution in [0.15, 0.2) is 30.3 Å². The Morgan fingerprint density at radius 1 is 1.25 bits per heavy atom. The molecule has 2 nitrogen and oxygen atoms in total. The SMILES string of the molecule is CC(=O)CCC(C)(O)CCc1ccccc1. The van der Waals surface area contributed by atoms with Crippen LogP contribution < -0.4 is 0 Å². The van der Waals surface area contributed by atoms with E-state index >= 15 is 0 Å². The van der Waals surface area contributed by atoms with E-state index in [1.54, 1.807) is 13.8 Å². The summed E-state index contributed by atoms with van der Waals surface area (Å²) in [6.07, 6.45) is 2.56. The van der Waals surface area contributed by atoms with Gasteiger partial charge in [-0.3, -0.25) is 0 Å². The molecule has 2 heteroatoms. The topological polar surface area (TPSA) is 37.3 Å². The average molecular weight is 220 g/mol. The highest BCUT2D eigenvalue weighted by Gasteiger charge is 2.20. The van der Waals surface area contributed by atoms with Gasteiger partial charge in [-0.05, 0) is 38.7 Å². The van der Waals surface area contributed by atoms with Gasteiger partial charge in [-0.15, -0.1) is 0 Å². The molecule has 1 rings (SSSR count). The first-order valence-electron chi connectivity index (χ1n) is 5.75. The van der Waals surface area contributed by atoms with E-state index in [0.29, 0.717) is 19.3 Å². The predicted molar refractivity (Wildman–Crippen MR) is 65.3 cm³/mol. The van der Waals surface area contributed by atoms with Crippen LogP contribution in [-0.2, 0) is 11.2 Å². The molecular weight excluding hydrogens is 200 g/mol. The molecule has 0 aliphatic carbocycles. The largest absolute Gasteiger partial charge is 0.390 e. The Kier molecular flexibility index (Phi) is 4.69. The monoisotopic (exact) mass is 220 g/mol. The van der Waals surface area contributed by atoms with Crippen LogP contribution in [0, 0.1) is 0 Å². The van der Waals surface area contributed by atoms with E-state index in [0.717, 1.165) is 6.42 Å². The zero-order valence-corrected chi connectivity index (χ0v) is 10.1. The normalized spacial score (nSPS) is 14.4. The van der Waals surface area contributed by atoms with Crippen molar-refractivity contribution in [3.05, 3.63) is 35.9 Å². The summed E-state index contributed by atoms with van der Waals surface area (Å²) in [7, 11) is 0. The number of aliphatic hydroxyl groups is 1. The number of aryl methyl sites for hydroxylation is 1. The molecule has 0 aliphatic heterocycles. The van der Waals surface area contributed by atoms with Crippen LogP contribution in [-0.4, -0.2) is 16.5 Å². The fraction of sp³-hybridized carbons (Fsp3) is 0.500. The summed E-state index contributed by atoms with van der Waals surface area (Å²) in [5.74, 6) is 0.139. The average Bonchev–Trinajstić information content (AvgIpc) is 2.26. The third kappa shape index (κ3) is 5.08. The molecule has 0 heterocycles. The lowest BCUT2D eigenvalue weighted by atomic mass is 9.91. The molecule has 0 fully saturated rings. The van der Waals surface area contributed by atoms with Crippen molar-refractivity contribution in [2.24, 2.45) is 0 Å². The molecule has 0 saturated heterocycles. The molecule has 16 heavy (non-hydrogen) atoms. The second-order valence-electron chi connectivity index (χ2n) is 4.68. The van der Waals surface area contributed by atoms with Crippen molar-refractivity contribution in [1.82, 2.24) is 0 Å². The van der Waals surface area contributed by atoms with Gasteiger partial charge in [0.15, 0.2) is 0 Å². The maximum atomic E-state index is 10.9. The van der Waals surface area contributed by atoms with Gasteiger partial charge in [0.05, 0.1) is 5.60 Å². The third-order valence-electron chi connectivity index (χ3n) is 2.81. The van der Waals surface area contributed by atoms with Crippen molar-refractivity contribution < 1.29 is 9.90 Å². The number of ketones is 1. The Bertz CT molecular complexity index is 328. The van der Waals surface area contributed by atoms with Gasteiger partial charge in [0.25, 0.3) is 0 Å². The van der Waals surface area contributed by atoms with Crippen LogP contribution in [0.2, 0.25) is 0 Å². The van der Waals surface area contributed by atoms with Gasteiger partial charge in [-0.25, -0.2) is 0 Å². The molecule has 88 valence electrons. The van der Waals surface area contributed by atoms with Gasteiger partial charge < -0.3 is 9.90 Å². The summed E-state index contributed by atoms with van der Waals surface area (Å²) in [6, 6.07) is 10.1. The van der Waals surface area contributed by atoms with Crippen LogP contribution in [0.4, 0.5) is 0 Å². The number of hydrogen-bond acceptors (Lipinski definition) is 2. The highest BCUT2D eigenvalue weighted by molar-refractivity contribution is 5.75. The van der Waals surface area contributed by atoms with E-state index in [2.05, 4.69) is 12.1 Å². The summed E-state index contributed by atoms with van der Waals surface area (Å²) >= 11 is 0. The summed E-state index contributed by atoms with van der Waals surface area (Å²) < 4.78 is 0. The Balaban J connectivity index is 2.38. The van der Waals surface area contributed by atoms with Crippen molar-refractivity contribution in [3.63, 3.8) is 0 Å². The van der Waals surface area contributed by atoms with Crippen molar-refractivity contribution in [2.75, 3.05) is 0 Å². The highest BCUT2D eigenvalue weighted by Crippen LogP contribution is 2.19. The predicted octanol–water partition coefficient (Wildman–Crippen LogP) is 2.74. The van der Waals surface area contributed by atoms with E-state index in [9.17, 15) is 9.90 Å². The third-order valence-corrected chi connectivity index (χ3v) is 2.81. The summed E-state index contributed by atoms with van der Waals surface area (Å²) in [5.41, 5.74) is 0.493. The van der Waals surface area contributed by atoms with E-state index in [1.807, 2.05) is 18.2 Å². The maximum Gasteiger partial charge on any atom is 0.129 e. The molecule has 0 bridgehead atoms. The fourth-order valence-electron chi connectivity index (χ4n) is 1.63. The number of hydrogen-bond donors (Lipinski definition) is 1. The highest BCUT2D eigenvalue weighted by atomic mass is 16.3. The Labute approximate surface area is 97.3 Å². The molecule has 0 spiro atoms. The molecule has 1 N–H and O–H groups in total. The molecule has 0 amide bonds. The minimum absolute atomic E-state index is 0.139. The second kappa shape index (κ2) is 5.80. The Morgan fingerprint density at radius 2 is 1.88 bits per heavy atom. The molecule has 1 aromatic rings. The van der Waals surface area contributed by atoms with Crippen LogP contribution in [0.25, 0.3) is 0 Å². The first-order chi connectivity index (χ1) is 7.49. The summed E-state index contributed by atoms with van der Waals surface area (Å²) in [6.45, 7) is 3.37. The lowest BCUT2D eigenvalue weighted by molar-refractivity contribution is -0.118. The Morgan fingerprint density at radius 3 is 2.44 bits per heavy atom. The first kappa shape index (κ1) is 12.9. The Hall–Kier alpha value is -1.15. The van der Waals surface area contributed by atoms with Gasteiger partial charge >= 0.3 is 0 Å². The van der Waals surface area contributed by atoms with E-state index < -0.39 is 5.60 Å². The van der Waals surface area contributed by atoms with Gasteiger partial charge in [0, 0.05) is 6.42 Å². The fourth-order valence-corrected chi connectivity index (χ4v) is 1.63. The molecule has 1 unspecified atom stereocenters. The van der Waals surface area contributed by atoms with E-state index in [4.69, 9.17) is 0 Å². The van der Waals surface area contributed by atoms with Crippen molar-refractivity contribution in [1.29, 1.82) is 0 Å². The number of carbonyl (C=O) groups is 1. The minimum Gasteiger partial charge on any atom is -0.390 e. The zero-order chi connectivity index (χ0) is 12.0. The van der Waals surface area contributed by atoms with Crippen LogP contribution in [0.5, 0.6) is 0 Å². The quantitative estimate of drug-likeness (QED) is 0.800. The summed E-state index contributed by atoms with van der Waals surface area (Å²) in [4.78, 5) is 10.9. The van der Waals surface area contributed by atoms with Crippen LogP contribution in [0.1, 0.15) is 38.7 Å². The van der Waals surface area contributed by atoms with E-state index in [-0.39, 0.29) is 5.78 Å². The van der Waals surface area contributed by atoms with Crippen molar-refractivity contribution >= 4 is 5.78 Å². The zero-order valence-electron chi connectivity index (χ0n) is 10.1. The molecule has 0 aliphatic rings. The summed E-state index contributed by atoms with van der Waals surface area (Å²) in [5, 5.41) is 10.1. The molecule has 1 atom stereocenters. The lowest BCUT2D eigenvalue weighted by Gasteiger charge is -2.22. The van der Waals surface area contributed by atoms with Gasteiger partial charge in [-0.2, -0.15) is 0 Å². The minimum atomic E-state index is -0.735. The molecule has 0 saturated carbocycles. The molecule has 0 radical (unpaired) electrons. The van der Waals surface area contributed by atoms with E-state index in [1.165, 1.54) is 5.56 Å². The first-order valence-corrected chi connectivity index (χ1v) is 5.75. The second-order valence-corrected chi connectivity index (χ2v) is 4.68. The van der Waals surface area contributed by atoms with Crippen LogP contribution in [0.3, 0.4) is 0 Å². The number of rotatable bonds is 6.